The average molecular weight is 505 g/mol. The van der Waals surface area contributed by atoms with Gasteiger partial charge in [-0.05, 0) is 12.5 Å². The Morgan fingerprint density at radius 3 is 2.70 bits per heavy atom. The summed E-state index contributed by atoms with van der Waals surface area (Å²) in [5, 5.41) is 26.8. The van der Waals surface area contributed by atoms with E-state index in [1.54, 1.807) is 16.8 Å². The fraction of sp³-hybridized carbons (Fsp3) is 0.417. The van der Waals surface area contributed by atoms with Gasteiger partial charge >= 0.3 is 0 Å². The van der Waals surface area contributed by atoms with Gasteiger partial charge in [0.1, 0.15) is 23.6 Å². The van der Waals surface area contributed by atoms with E-state index in [1.165, 1.54) is 17.3 Å². The normalized spacial score (nSPS) is 21.3. The Kier molecular flexibility index (Phi) is 5.83. The van der Waals surface area contributed by atoms with E-state index in [9.17, 15) is 14.7 Å². The fourth-order valence-electron chi connectivity index (χ4n) is 5.04. The molecular formula is C24H28N10O3. The number of rotatable bonds is 5. The monoisotopic (exact) mass is 504 g/mol. The lowest BCUT2D eigenvalue weighted by atomic mass is 9.79. The Labute approximate surface area is 212 Å². The first-order chi connectivity index (χ1) is 17.6. The number of primary amides is 1. The number of piperidine rings is 1. The molecule has 0 saturated carbocycles. The van der Waals surface area contributed by atoms with Crippen molar-refractivity contribution in [3.63, 3.8) is 0 Å². The van der Waals surface area contributed by atoms with Crippen LogP contribution in [0.1, 0.15) is 42.6 Å². The number of hydrogen-bond acceptors (Lipinski definition) is 10. The average Bonchev–Trinajstić information content (AvgIpc) is 3.43. The highest BCUT2D eigenvalue weighted by Gasteiger charge is 2.38. The molecule has 0 unspecified atom stereocenters. The molecule has 0 aromatic carbocycles. The Balaban J connectivity index is 1.44. The zero-order chi connectivity index (χ0) is 26.5. The minimum Gasteiger partial charge on any atom is -0.383 e. The van der Waals surface area contributed by atoms with Crippen molar-refractivity contribution in [2.75, 3.05) is 40.5 Å². The molecule has 3 aromatic heterocycles. The number of hydrogen-bond donors (Lipinski definition) is 4. The number of nitrogens with one attached hydrogen (secondary N) is 1. The second-order valence-electron chi connectivity index (χ2n) is 10.1. The summed E-state index contributed by atoms with van der Waals surface area (Å²) >= 11 is 0. The SMILES string of the molecule is CC1(C)CN(c2ncc(C#N)c(N)n2)CC[C@H]1Nc1c(C(N)=O)cnn2cc(N3CC[C@H](O)C3=O)cc12. The second kappa shape index (κ2) is 8.90. The summed E-state index contributed by atoms with van der Waals surface area (Å²) in [6.45, 7) is 5.80. The Morgan fingerprint density at radius 1 is 1.30 bits per heavy atom. The van der Waals surface area contributed by atoms with Crippen molar-refractivity contribution in [1.29, 1.82) is 5.26 Å². The highest BCUT2D eigenvalue weighted by molar-refractivity contribution is 6.03. The lowest BCUT2D eigenvalue weighted by Crippen LogP contribution is -2.52. The van der Waals surface area contributed by atoms with Crippen molar-refractivity contribution in [3.05, 3.63) is 35.8 Å². The van der Waals surface area contributed by atoms with Crippen LogP contribution in [-0.2, 0) is 4.79 Å². The number of carbonyl (C=O) groups excluding carboxylic acids is 2. The summed E-state index contributed by atoms with van der Waals surface area (Å²) in [6.07, 6.45) is 4.57. The van der Waals surface area contributed by atoms with Gasteiger partial charge in [0.15, 0.2) is 0 Å². The van der Waals surface area contributed by atoms with Gasteiger partial charge in [-0.2, -0.15) is 15.3 Å². The molecule has 0 radical (unpaired) electrons. The molecule has 5 rings (SSSR count). The molecule has 0 aliphatic carbocycles. The predicted molar refractivity (Wildman–Crippen MR) is 136 cm³/mol. The summed E-state index contributed by atoms with van der Waals surface area (Å²) in [4.78, 5) is 36.8. The van der Waals surface area contributed by atoms with Crippen LogP contribution in [0.3, 0.4) is 0 Å². The highest BCUT2D eigenvalue weighted by Crippen LogP contribution is 2.36. The molecule has 2 atom stereocenters. The van der Waals surface area contributed by atoms with E-state index in [-0.39, 0.29) is 34.3 Å². The minimum atomic E-state index is -1.02. The third-order valence-corrected chi connectivity index (χ3v) is 7.13. The number of nitrogen functional groups attached to an aromatic ring is 1. The number of nitrogens with two attached hydrogens (primary N) is 2. The Morgan fingerprint density at radius 2 is 2.08 bits per heavy atom. The number of aliphatic hydroxyl groups is 1. The minimum absolute atomic E-state index is 0.0580. The van der Waals surface area contributed by atoms with E-state index in [4.69, 9.17) is 16.7 Å². The molecule has 5 heterocycles. The van der Waals surface area contributed by atoms with E-state index in [0.717, 1.165) is 0 Å². The van der Waals surface area contributed by atoms with Crippen molar-refractivity contribution in [1.82, 2.24) is 19.6 Å². The van der Waals surface area contributed by atoms with Gasteiger partial charge in [0, 0.05) is 37.5 Å². The van der Waals surface area contributed by atoms with Crippen LogP contribution in [-0.4, -0.2) is 68.3 Å². The maximum absolute atomic E-state index is 12.4. The van der Waals surface area contributed by atoms with E-state index >= 15 is 0 Å². The molecule has 13 nitrogen and oxygen atoms in total. The summed E-state index contributed by atoms with van der Waals surface area (Å²) in [6, 6.07) is 3.68. The molecule has 2 saturated heterocycles. The molecule has 2 amide bonds. The van der Waals surface area contributed by atoms with Crippen molar-refractivity contribution in [2.24, 2.45) is 11.1 Å². The molecule has 2 aliphatic rings. The van der Waals surface area contributed by atoms with Crippen LogP contribution in [0, 0.1) is 16.7 Å². The molecule has 6 N–H and O–H groups in total. The number of amides is 2. The summed E-state index contributed by atoms with van der Waals surface area (Å²) in [5.74, 6) is -0.381. The largest absolute Gasteiger partial charge is 0.383 e. The molecule has 0 bridgehead atoms. The first-order valence-electron chi connectivity index (χ1n) is 11.9. The molecule has 3 aromatic rings. The molecule has 37 heavy (non-hydrogen) atoms. The summed E-state index contributed by atoms with van der Waals surface area (Å²) < 4.78 is 1.59. The third kappa shape index (κ3) is 4.25. The van der Waals surface area contributed by atoms with Crippen LogP contribution in [0.4, 0.5) is 23.1 Å². The van der Waals surface area contributed by atoms with Crippen molar-refractivity contribution in [2.45, 2.75) is 38.8 Å². The fourth-order valence-corrected chi connectivity index (χ4v) is 5.04. The van der Waals surface area contributed by atoms with Crippen LogP contribution >= 0.6 is 0 Å². The summed E-state index contributed by atoms with van der Waals surface area (Å²) in [5.41, 5.74) is 13.5. The smallest absolute Gasteiger partial charge is 0.255 e. The lowest BCUT2D eigenvalue weighted by molar-refractivity contribution is -0.123. The van der Waals surface area contributed by atoms with Gasteiger partial charge in [-0.1, -0.05) is 13.8 Å². The number of aliphatic hydroxyl groups excluding tert-OH is 1. The molecule has 192 valence electrons. The van der Waals surface area contributed by atoms with Crippen LogP contribution in [0.5, 0.6) is 0 Å². The molecular weight excluding hydrogens is 476 g/mol. The summed E-state index contributed by atoms with van der Waals surface area (Å²) in [7, 11) is 0. The van der Waals surface area contributed by atoms with Gasteiger partial charge in [-0.3, -0.25) is 9.59 Å². The van der Waals surface area contributed by atoms with E-state index in [2.05, 4.69) is 34.2 Å². The van der Waals surface area contributed by atoms with Crippen LogP contribution in [0.2, 0.25) is 0 Å². The molecule has 2 fully saturated rings. The van der Waals surface area contributed by atoms with Crippen LogP contribution in [0.25, 0.3) is 5.52 Å². The molecule has 2 aliphatic heterocycles. The maximum atomic E-state index is 12.4. The van der Waals surface area contributed by atoms with Gasteiger partial charge in [0.05, 0.1) is 41.0 Å². The first kappa shape index (κ1) is 24.3. The van der Waals surface area contributed by atoms with E-state index in [1.807, 2.05) is 11.0 Å². The molecule has 0 spiro atoms. The highest BCUT2D eigenvalue weighted by atomic mass is 16.3. The number of fused-ring (bicyclic) bond motifs is 1. The topological polar surface area (TPSA) is 192 Å². The zero-order valence-electron chi connectivity index (χ0n) is 20.5. The van der Waals surface area contributed by atoms with Crippen LogP contribution in [0.15, 0.2) is 24.7 Å². The second-order valence-corrected chi connectivity index (χ2v) is 10.1. The van der Waals surface area contributed by atoms with E-state index < -0.39 is 12.0 Å². The number of nitrogens with zero attached hydrogens (tertiary/aromatic N) is 7. The first-order valence-corrected chi connectivity index (χ1v) is 11.9. The van der Waals surface area contributed by atoms with Gasteiger partial charge in [0.25, 0.3) is 11.8 Å². The Bertz CT molecular complexity index is 1440. The predicted octanol–water partition coefficient (Wildman–Crippen LogP) is 0.492. The lowest BCUT2D eigenvalue weighted by Gasteiger charge is -2.45. The molecule has 13 heteroatoms. The third-order valence-electron chi connectivity index (χ3n) is 7.13. The van der Waals surface area contributed by atoms with Gasteiger partial charge < -0.3 is 31.7 Å². The van der Waals surface area contributed by atoms with Crippen molar-refractivity contribution >= 4 is 40.5 Å². The van der Waals surface area contributed by atoms with Crippen molar-refractivity contribution < 1.29 is 14.7 Å². The van der Waals surface area contributed by atoms with Crippen LogP contribution < -0.4 is 26.6 Å². The quantitative estimate of drug-likeness (QED) is 0.380. The van der Waals surface area contributed by atoms with Gasteiger partial charge in [0.2, 0.25) is 5.95 Å². The number of aromatic nitrogens is 4. The van der Waals surface area contributed by atoms with E-state index in [0.29, 0.717) is 55.3 Å². The number of anilines is 4. The zero-order valence-corrected chi connectivity index (χ0v) is 20.5. The maximum Gasteiger partial charge on any atom is 0.255 e. The van der Waals surface area contributed by atoms with Gasteiger partial charge in [-0.25, -0.2) is 9.50 Å². The van der Waals surface area contributed by atoms with Gasteiger partial charge in [-0.15, -0.1) is 0 Å². The number of nitriles is 1. The number of carbonyl (C=O) groups is 2. The standard InChI is InChI=1S/C24H28N10O3/c1-24(2)12-32(23-28-9-13(8-25)20(26)31-23)5-4-18(24)30-19-15(21(27)36)10-29-34-11-14(7-16(19)34)33-6-3-17(35)22(33)37/h7,9-11,17-18,30,35H,3-6,12H2,1-2H3,(H2,27,36)(H2,26,28,31)/t17-,18+/m0/s1. The van der Waals surface area contributed by atoms with Crippen molar-refractivity contribution in [3.8, 4) is 6.07 Å². The Hall–Kier alpha value is -4.44.